The lowest BCUT2D eigenvalue weighted by Crippen LogP contribution is -2.45. The zero-order chi connectivity index (χ0) is 16.4. The molecule has 0 spiro atoms. The SMILES string of the molecule is Cl.NCC1CCCCC1NC(=O)c1cc2c(cc1F)NC(=O)CC2. The standard InChI is InChI=1S/C17H22FN3O2.ClH/c18-13-8-15-10(5-6-16(22)20-15)7-12(13)17(23)21-14-4-2-1-3-11(14)9-19;/h7-8,11,14H,1-6,9,19H2,(H,20,22)(H,21,23);1H. The molecule has 132 valence electrons. The number of fused-ring (bicyclic) bond motifs is 1. The first kappa shape index (κ1) is 18.7. The molecular formula is C17H23ClFN3O2. The molecule has 1 aromatic carbocycles. The number of hydrogen-bond donors (Lipinski definition) is 3. The molecule has 1 aliphatic carbocycles. The topological polar surface area (TPSA) is 84.2 Å². The van der Waals surface area contributed by atoms with E-state index in [1.807, 2.05) is 0 Å². The summed E-state index contributed by atoms with van der Waals surface area (Å²) in [6, 6.07) is 2.80. The molecule has 2 unspecified atom stereocenters. The van der Waals surface area contributed by atoms with Crippen molar-refractivity contribution in [3.05, 3.63) is 29.1 Å². The van der Waals surface area contributed by atoms with Gasteiger partial charge in [0.05, 0.1) is 5.56 Å². The minimum absolute atomic E-state index is 0. The zero-order valence-electron chi connectivity index (χ0n) is 13.4. The van der Waals surface area contributed by atoms with Crippen molar-refractivity contribution in [2.24, 2.45) is 11.7 Å². The van der Waals surface area contributed by atoms with Crippen LogP contribution in [0.25, 0.3) is 0 Å². The third kappa shape index (κ3) is 3.87. The molecule has 3 rings (SSSR count). The molecule has 0 saturated heterocycles. The molecule has 1 heterocycles. The predicted octanol–water partition coefficient (Wildman–Crippen LogP) is 2.38. The van der Waals surface area contributed by atoms with E-state index in [-0.39, 0.29) is 35.8 Å². The van der Waals surface area contributed by atoms with Gasteiger partial charge in [-0.05, 0) is 49.4 Å². The number of aryl methyl sites for hydroxylation is 1. The highest BCUT2D eigenvalue weighted by Gasteiger charge is 2.27. The van der Waals surface area contributed by atoms with Gasteiger partial charge in [-0.15, -0.1) is 12.4 Å². The number of nitrogens with one attached hydrogen (secondary N) is 2. The smallest absolute Gasteiger partial charge is 0.254 e. The van der Waals surface area contributed by atoms with E-state index in [9.17, 15) is 14.0 Å². The van der Waals surface area contributed by atoms with Gasteiger partial charge >= 0.3 is 0 Å². The quantitative estimate of drug-likeness (QED) is 0.778. The molecule has 1 aromatic rings. The van der Waals surface area contributed by atoms with E-state index in [0.717, 1.165) is 31.2 Å². The number of amides is 2. The second-order valence-corrected chi connectivity index (χ2v) is 6.40. The van der Waals surface area contributed by atoms with E-state index in [0.29, 0.717) is 25.1 Å². The van der Waals surface area contributed by atoms with Crippen LogP contribution in [-0.4, -0.2) is 24.4 Å². The lowest BCUT2D eigenvalue weighted by molar-refractivity contribution is -0.116. The molecule has 1 aliphatic heterocycles. The van der Waals surface area contributed by atoms with Crippen molar-refractivity contribution in [3.63, 3.8) is 0 Å². The minimum Gasteiger partial charge on any atom is -0.349 e. The Bertz CT molecular complexity index is 639. The van der Waals surface area contributed by atoms with Crippen molar-refractivity contribution >= 4 is 29.9 Å². The van der Waals surface area contributed by atoms with Crippen molar-refractivity contribution < 1.29 is 14.0 Å². The van der Waals surface area contributed by atoms with E-state index >= 15 is 0 Å². The summed E-state index contributed by atoms with van der Waals surface area (Å²) >= 11 is 0. The Hall–Kier alpha value is -1.66. The number of carbonyl (C=O) groups excluding carboxylic acids is 2. The first-order valence-corrected chi connectivity index (χ1v) is 8.21. The third-order valence-corrected chi connectivity index (χ3v) is 4.86. The normalized spacial score (nSPS) is 22.8. The van der Waals surface area contributed by atoms with Crippen LogP contribution in [0.3, 0.4) is 0 Å². The second-order valence-electron chi connectivity index (χ2n) is 6.40. The first-order chi connectivity index (χ1) is 11.1. The lowest BCUT2D eigenvalue weighted by Gasteiger charge is -2.31. The summed E-state index contributed by atoms with van der Waals surface area (Å²) in [5.74, 6) is -0.870. The average molecular weight is 356 g/mol. The molecule has 1 saturated carbocycles. The average Bonchev–Trinajstić information content (AvgIpc) is 2.54. The fourth-order valence-electron chi connectivity index (χ4n) is 3.50. The number of rotatable bonds is 3. The van der Waals surface area contributed by atoms with Crippen molar-refractivity contribution in [3.8, 4) is 0 Å². The van der Waals surface area contributed by atoms with Gasteiger partial charge in [0, 0.05) is 18.2 Å². The fourth-order valence-corrected chi connectivity index (χ4v) is 3.50. The van der Waals surface area contributed by atoms with E-state index in [4.69, 9.17) is 5.73 Å². The van der Waals surface area contributed by atoms with Crippen LogP contribution < -0.4 is 16.4 Å². The fraction of sp³-hybridized carbons (Fsp3) is 0.529. The molecular weight excluding hydrogens is 333 g/mol. The maximum atomic E-state index is 14.3. The summed E-state index contributed by atoms with van der Waals surface area (Å²) in [6.45, 7) is 0.531. The minimum atomic E-state index is -0.608. The van der Waals surface area contributed by atoms with Crippen molar-refractivity contribution in [2.75, 3.05) is 11.9 Å². The Morgan fingerprint density at radius 1 is 1.29 bits per heavy atom. The van der Waals surface area contributed by atoms with Gasteiger partial charge in [0.2, 0.25) is 5.91 Å². The van der Waals surface area contributed by atoms with Gasteiger partial charge in [0.15, 0.2) is 0 Å². The van der Waals surface area contributed by atoms with Crippen molar-refractivity contribution in [1.82, 2.24) is 5.32 Å². The molecule has 5 nitrogen and oxygen atoms in total. The van der Waals surface area contributed by atoms with Crippen molar-refractivity contribution in [1.29, 1.82) is 0 Å². The van der Waals surface area contributed by atoms with Crippen LogP contribution >= 0.6 is 12.4 Å². The Labute approximate surface area is 147 Å². The molecule has 24 heavy (non-hydrogen) atoms. The molecule has 4 N–H and O–H groups in total. The second kappa shape index (κ2) is 7.94. The number of carbonyl (C=O) groups is 2. The van der Waals surface area contributed by atoms with E-state index in [1.165, 1.54) is 6.07 Å². The molecule has 2 aliphatic rings. The molecule has 7 heteroatoms. The van der Waals surface area contributed by atoms with Gasteiger partial charge < -0.3 is 16.4 Å². The molecule has 2 amide bonds. The van der Waals surface area contributed by atoms with E-state index in [2.05, 4.69) is 10.6 Å². The molecule has 2 atom stereocenters. The number of nitrogens with two attached hydrogens (primary N) is 1. The summed E-state index contributed by atoms with van der Waals surface area (Å²) in [5.41, 5.74) is 7.09. The Kier molecular flexibility index (Phi) is 6.18. The highest BCUT2D eigenvalue weighted by atomic mass is 35.5. The van der Waals surface area contributed by atoms with Crippen LogP contribution in [0.2, 0.25) is 0 Å². The van der Waals surface area contributed by atoms with Gasteiger partial charge in [-0.1, -0.05) is 12.8 Å². The lowest BCUT2D eigenvalue weighted by atomic mass is 9.84. The number of benzene rings is 1. The van der Waals surface area contributed by atoms with Crippen LogP contribution in [0.4, 0.5) is 10.1 Å². The number of anilines is 1. The third-order valence-electron chi connectivity index (χ3n) is 4.86. The first-order valence-electron chi connectivity index (χ1n) is 8.21. The predicted molar refractivity (Wildman–Crippen MR) is 92.9 cm³/mol. The van der Waals surface area contributed by atoms with Crippen LogP contribution in [-0.2, 0) is 11.2 Å². The Morgan fingerprint density at radius 2 is 2.04 bits per heavy atom. The highest BCUT2D eigenvalue weighted by molar-refractivity contribution is 5.98. The van der Waals surface area contributed by atoms with Crippen LogP contribution in [0.15, 0.2) is 12.1 Å². The van der Waals surface area contributed by atoms with E-state index < -0.39 is 11.7 Å². The Balaban J connectivity index is 0.00000208. The van der Waals surface area contributed by atoms with Gasteiger partial charge in [-0.3, -0.25) is 9.59 Å². The number of halogens is 2. The maximum absolute atomic E-state index is 14.3. The van der Waals surface area contributed by atoms with Gasteiger partial charge in [-0.25, -0.2) is 4.39 Å². The van der Waals surface area contributed by atoms with Gasteiger partial charge in [0.25, 0.3) is 5.91 Å². The molecule has 0 bridgehead atoms. The summed E-state index contributed by atoms with van der Waals surface area (Å²) in [5, 5.41) is 5.58. The molecule has 0 radical (unpaired) electrons. The number of hydrogen-bond acceptors (Lipinski definition) is 3. The monoisotopic (exact) mass is 355 g/mol. The summed E-state index contributed by atoms with van der Waals surface area (Å²) in [6.07, 6.45) is 4.95. The summed E-state index contributed by atoms with van der Waals surface area (Å²) in [7, 11) is 0. The zero-order valence-corrected chi connectivity index (χ0v) is 14.3. The summed E-state index contributed by atoms with van der Waals surface area (Å²) in [4.78, 5) is 23.8. The summed E-state index contributed by atoms with van der Waals surface area (Å²) < 4.78 is 14.3. The molecule has 1 fully saturated rings. The van der Waals surface area contributed by atoms with Gasteiger partial charge in [0.1, 0.15) is 5.82 Å². The van der Waals surface area contributed by atoms with Crippen molar-refractivity contribution in [2.45, 2.75) is 44.6 Å². The van der Waals surface area contributed by atoms with E-state index in [1.54, 1.807) is 6.07 Å². The van der Waals surface area contributed by atoms with Crippen LogP contribution in [0.1, 0.15) is 48.0 Å². The van der Waals surface area contributed by atoms with Gasteiger partial charge in [-0.2, -0.15) is 0 Å². The maximum Gasteiger partial charge on any atom is 0.254 e. The highest BCUT2D eigenvalue weighted by Crippen LogP contribution is 2.27. The molecule has 0 aromatic heterocycles. The van der Waals surface area contributed by atoms with Crippen LogP contribution in [0.5, 0.6) is 0 Å². The Morgan fingerprint density at radius 3 is 2.79 bits per heavy atom. The van der Waals surface area contributed by atoms with Crippen LogP contribution in [0, 0.1) is 11.7 Å². The largest absolute Gasteiger partial charge is 0.349 e.